The molecule has 1 fully saturated rings. The number of carbonyl (C=O) groups excluding carboxylic acids is 2. The summed E-state index contributed by atoms with van der Waals surface area (Å²) in [5.74, 6) is 0.450. The minimum Gasteiger partial charge on any atom is -0.495 e. The molecule has 2 amide bonds. The molecular weight excluding hydrogens is 282 g/mol. The van der Waals surface area contributed by atoms with E-state index in [0.29, 0.717) is 18.7 Å². The Bertz CT molecular complexity index is 533. The van der Waals surface area contributed by atoms with Crippen LogP contribution < -0.4 is 20.3 Å². The van der Waals surface area contributed by atoms with Gasteiger partial charge in [-0.1, -0.05) is 12.1 Å². The predicted octanol–water partition coefficient (Wildman–Crippen LogP) is 0.916. The molecule has 1 atom stereocenters. The maximum Gasteiger partial charge on any atom is 0.242 e. The molecule has 0 saturated carbocycles. The van der Waals surface area contributed by atoms with E-state index in [2.05, 4.69) is 10.6 Å². The number of nitrogens with one attached hydrogen (secondary N) is 2. The lowest BCUT2D eigenvalue weighted by atomic mass is 10.1. The summed E-state index contributed by atoms with van der Waals surface area (Å²) in [6, 6.07) is 7.09. The molecule has 0 radical (unpaired) electrons. The maximum atomic E-state index is 12.2. The topological polar surface area (TPSA) is 70.7 Å². The predicted molar refractivity (Wildman–Crippen MR) is 85.1 cm³/mol. The molecule has 1 aliphatic heterocycles. The molecule has 6 nitrogen and oxygen atoms in total. The highest BCUT2D eigenvalue weighted by molar-refractivity contribution is 5.89. The average molecular weight is 305 g/mol. The number of nitrogens with zero attached hydrogens (tertiary/aromatic N) is 1. The molecule has 0 aliphatic carbocycles. The lowest BCUT2D eigenvalue weighted by molar-refractivity contribution is -0.128. The minimum absolute atomic E-state index is 0.0919. The fourth-order valence-electron chi connectivity index (χ4n) is 2.56. The van der Waals surface area contributed by atoms with Crippen molar-refractivity contribution < 1.29 is 14.3 Å². The Morgan fingerprint density at radius 2 is 2.18 bits per heavy atom. The van der Waals surface area contributed by atoms with Gasteiger partial charge in [-0.25, -0.2) is 0 Å². The summed E-state index contributed by atoms with van der Waals surface area (Å²) >= 11 is 0. The molecule has 22 heavy (non-hydrogen) atoms. The van der Waals surface area contributed by atoms with Gasteiger partial charge >= 0.3 is 0 Å². The van der Waals surface area contributed by atoms with Crippen molar-refractivity contribution in [3.63, 3.8) is 0 Å². The number of hydrogen-bond acceptors (Lipinski definition) is 4. The highest BCUT2D eigenvalue weighted by atomic mass is 16.5. The SMILES string of the molecule is COc1ccccc1N(C)CC(=O)NC1CCCCNC1=O. The third-order valence-corrected chi connectivity index (χ3v) is 3.75. The van der Waals surface area contributed by atoms with Gasteiger partial charge in [0.05, 0.1) is 19.3 Å². The summed E-state index contributed by atoms with van der Waals surface area (Å²) in [4.78, 5) is 25.8. The minimum atomic E-state index is -0.430. The van der Waals surface area contributed by atoms with Crippen LogP contribution in [0.15, 0.2) is 24.3 Å². The van der Waals surface area contributed by atoms with E-state index in [0.717, 1.165) is 18.5 Å². The second-order valence-electron chi connectivity index (χ2n) is 5.43. The monoisotopic (exact) mass is 305 g/mol. The van der Waals surface area contributed by atoms with Crippen LogP contribution in [0.1, 0.15) is 19.3 Å². The standard InChI is InChI=1S/C16H23N3O3/c1-19(13-8-3-4-9-14(13)22-2)11-15(20)18-12-7-5-6-10-17-16(12)21/h3-4,8-9,12H,5-7,10-11H2,1-2H3,(H,17,21)(H,18,20). The fourth-order valence-corrected chi connectivity index (χ4v) is 2.56. The average Bonchev–Trinajstić information content (AvgIpc) is 2.72. The lowest BCUT2D eigenvalue weighted by Crippen LogP contribution is -2.48. The van der Waals surface area contributed by atoms with E-state index >= 15 is 0 Å². The molecule has 0 bridgehead atoms. The van der Waals surface area contributed by atoms with Gasteiger partial charge in [-0.05, 0) is 31.4 Å². The van der Waals surface area contributed by atoms with Crippen molar-refractivity contribution in [1.82, 2.24) is 10.6 Å². The second kappa shape index (κ2) is 7.68. The van der Waals surface area contributed by atoms with Crippen LogP contribution >= 0.6 is 0 Å². The van der Waals surface area contributed by atoms with Crippen molar-refractivity contribution in [2.24, 2.45) is 0 Å². The van der Waals surface area contributed by atoms with Crippen LogP contribution in [0.25, 0.3) is 0 Å². The van der Waals surface area contributed by atoms with Crippen molar-refractivity contribution in [2.45, 2.75) is 25.3 Å². The number of likely N-dealkylation sites (N-methyl/N-ethyl adjacent to an activating group) is 1. The molecule has 0 spiro atoms. The van der Waals surface area contributed by atoms with Gasteiger partial charge in [-0.3, -0.25) is 9.59 Å². The molecule has 6 heteroatoms. The van der Waals surface area contributed by atoms with Crippen molar-refractivity contribution in [3.8, 4) is 5.75 Å². The number of carbonyl (C=O) groups is 2. The quantitative estimate of drug-likeness (QED) is 0.848. The van der Waals surface area contributed by atoms with Crippen molar-refractivity contribution in [1.29, 1.82) is 0 Å². The molecule has 1 aromatic rings. The number of benzene rings is 1. The molecule has 0 aromatic heterocycles. The fraction of sp³-hybridized carbons (Fsp3) is 0.500. The number of ether oxygens (including phenoxy) is 1. The lowest BCUT2D eigenvalue weighted by Gasteiger charge is -2.22. The van der Waals surface area contributed by atoms with Crippen molar-refractivity contribution in [2.75, 3.05) is 32.1 Å². The Morgan fingerprint density at radius 3 is 2.95 bits per heavy atom. The molecule has 2 N–H and O–H groups in total. The summed E-state index contributed by atoms with van der Waals surface area (Å²) in [6.07, 6.45) is 2.58. The number of methoxy groups -OCH3 is 1. The summed E-state index contributed by atoms with van der Waals surface area (Å²) in [5.41, 5.74) is 0.838. The Hall–Kier alpha value is -2.24. The first-order valence-electron chi connectivity index (χ1n) is 7.53. The van der Waals surface area contributed by atoms with E-state index in [9.17, 15) is 9.59 Å². The van der Waals surface area contributed by atoms with Crippen LogP contribution in [0, 0.1) is 0 Å². The first-order valence-corrected chi connectivity index (χ1v) is 7.53. The largest absolute Gasteiger partial charge is 0.495 e. The van der Waals surface area contributed by atoms with Crippen LogP contribution in [0.4, 0.5) is 5.69 Å². The molecule has 1 aliphatic rings. The molecule has 2 rings (SSSR count). The van der Waals surface area contributed by atoms with Gasteiger partial charge in [0, 0.05) is 13.6 Å². The van der Waals surface area contributed by atoms with Crippen molar-refractivity contribution in [3.05, 3.63) is 24.3 Å². The molecule has 1 saturated heterocycles. The van der Waals surface area contributed by atoms with E-state index in [1.54, 1.807) is 7.11 Å². The van der Waals surface area contributed by atoms with Crippen LogP contribution in [0.3, 0.4) is 0 Å². The van der Waals surface area contributed by atoms with E-state index in [-0.39, 0.29) is 18.4 Å². The molecule has 1 heterocycles. The Morgan fingerprint density at radius 1 is 1.41 bits per heavy atom. The third kappa shape index (κ3) is 4.13. The number of rotatable bonds is 5. The smallest absolute Gasteiger partial charge is 0.242 e. The molecule has 1 aromatic carbocycles. The van der Waals surface area contributed by atoms with Gasteiger partial charge in [0.2, 0.25) is 11.8 Å². The normalized spacial score (nSPS) is 18.1. The first-order chi connectivity index (χ1) is 10.6. The van der Waals surface area contributed by atoms with Crippen LogP contribution in [0.2, 0.25) is 0 Å². The number of amides is 2. The van der Waals surface area contributed by atoms with E-state index < -0.39 is 6.04 Å². The molecular formula is C16H23N3O3. The van der Waals surface area contributed by atoms with Crippen molar-refractivity contribution >= 4 is 17.5 Å². The zero-order valence-corrected chi connectivity index (χ0v) is 13.1. The van der Waals surface area contributed by atoms with E-state index in [4.69, 9.17) is 4.74 Å². The Labute approximate surface area is 130 Å². The number of hydrogen-bond donors (Lipinski definition) is 2. The second-order valence-corrected chi connectivity index (χ2v) is 5.43. The van der Waals surface area contributed by atoms with Gasteiger partial charge in [0.1, 0.15) is 11.8 Å². The van der Waals surface area contributed by atoms with Gasteiger partial charge < -0.3 is 20.3 Å². The summed E-state index contributed by atoms with van der Waals surface area (Å²) in [6.45, 7) is 0.858. The summed E-state index contributed by atoms with van der Waals surface area (Å²) in [5, 5.41) is 5.63. The van der Waals surface area contributed by atoms with Gasteiger partial charge in [-0.2, -0.15) is 0 Å². The summed E-state index contributed by atoms with van der Waals surface area (Å²) in [7, 11) is 3.42. The summed E-state index contributed by atoms with van der Waals surface area (Å²) < 4.78 is 5.29. The first kappa shape index (κ1) is 16.1. The Balaban J connectivity index is 1.94. The highest BCUT2D eigenvalue weighted by Crippen LogP contribution is 2.26. The van der Waals surface area contributed by atoms with E-state index in [1.165, 1.54) is 0 Å². The highest BCUT2D eigenvalue weighted by Gasteiger charge is 2.23. The Kier molecular flexibility index (Phi) is 5.63. The van der Waals surface area contributed by atoms with Gasteiger partial charge in [-0.15, -0.1) is 0 Å². The molecule has 120 valence electrons. The zero-order valence-electron chi connectivity index (χ0n) is 13.1. The van der Waals surface area contributed by atoms with Crippen LogP contribution in [0.5, 0.6) is 5.75 Å². The zero-order chi connectivity index (χ0) is 15.9. The maximum absolute atomic E-state index is 12.2. The number of para-hydroxylation sites is 2. The third-order valence-electron chi connectivity index (χ3n) is 3.75. The van der Waals surface area contributed by atoms with Gasteiger partial charge in [0.15, 0.2) is 0 Å². The van der Waals surface area contributed by atoms with Gasteiger partial charge in [0.25, 0.3) is 0 Å². The number of anilines is 1. The van der Waals surface area contributed by atoms with Crippen LogP contribution in [-0.2, 0) is 9.59 Å². The van der Waals surface area contributed by atoms with E-state index in [1.807, 2.05) is 36.2 Å². The van der Waals surface area contributed by atoms with Crippen LogP contribution in [-0.4, -0.2) is 45.1 Å². The molecule has 1 unspecified atom stereocenters.